The van der Waals surface area contributed by atoms with Crippen molar-refractivity contribution in [1.29, 1.82) is 0 Å². The Morgan fingerprint density at radius 3 is 2.77 bits per heavy atom. The van der Waals surface area contributed by atoms with Crippen molar-refractivity contribution in [2.75, 3.05) is 18.1 Å². The van der Waals surface area contributed by atoms with Crippen LogP contribution < -0.4 is 5.32 Å². The number of aliphatic hydroxyl groups is 1. The van der Waals surface area contributed by atoms with Crippen LogP contribution in [0.3, 0.4) is 0 Å². The largest absolute Gasteiger partial charge is 0.395 e. The first-order chi connectivity index (χ1) is 6.24. The molecule has 0 aromatic carbocycles. The van der Waals surface area contributed by atoms with Crippen molar-refractivity contribution in [3.63, 3.8) is 0 Å². The molecule has 2 N–H and O–H groups in total. The van der Waals surface area contributed by atoms with Crippen LogP contribution >= 0.6 is 11.8 Å². The normalized spacial score (nSPS) is 26.3. The molecule has 0 spiro atoms. The zero-order valence-corrected chi connectivity index (χ0v) is 9.44. The molecule has 1 heterocycles. The van der Waals surface area contributed by atoms with E-state index in [0.717, 1.165) is 0 Å². The summed E-state index contributed by atoms with van der Waals surface area (Å²) in [6.07, 6.45) is 2.59. The van der Waals surface area contributed by atoms with E-state index in [1.54, 1.807) is 0 Å². The van der Waals surface area contributed by atoms with Crippen molar-refractivity contribution >= 4 is 11.8 Å². The van der Waals surface area contributed by atoms with E-state index in [1.165, 1.54) is 24.3 Å². The van der Waals surface area contributed by atoms with Gasteiger partial charge in [-0.25, -0.2) is 0 Å². The Labute approximate surface area is 85.5 Å². The maximum absolute atomic E-state index is 9.16. The molecule has 1 rings (SSSR count). The fraction of sp³-hybridized carbons (Fsp3) is 1.00. The molecule has 2 nitrogen and oxygen atoms in total. The molecule has 0 saturated carbocycles. The lowest BCUT2D eigenvalue weighted by atomic mass is 10.0. The molecule has 0 aromatic rings. The number of nitrogens with one attached hydrogen (secondary N) is 1. The molecular formula is C10H21NOS. The summed E-state index contributed by atoms with van der Waals surface area (Å²) in [7, 11) is 0. The average molecular weight is 203 g/mol. The van der Waals surface area contributed by atoms with E-state index < -0.39 is 0 Å². The van der Waals surface area contributed by atoms with Gasteiger partial charge in [0.1, 0.15) is 0 Å². The third kappa shape index (κ3) is 3.88. The molecule has 13 heavy (non-hydrogen) atoms. The van der Waals surface area contributed by atoms with Gasteiger partial charge in [0.2, 0.25) is 0 Å². The Hall–Kier alpha value is 0.270. The van der Waals surface area contributed by atoms with Crippen molar-refractivity contribution in [3.8, 4) is 0 Å². The fourth-order valence-electron chi connectivity index (χ4n) is 1.63. The SMILES string of the molecule is CC(C)[C@@H](CO)NC1CCCSC1. The maximum atomic E-state index is 9.16. The summed E-state index contributed by atoms with van der Waals surface area (Å²) in [6, 6.07) is 0.905. The minimum atomic E-state index is 0.263. The van der Waals surface area contributed by atoms with Gasteiger partial charge >= 0.3 is 0 Å². The van der Waals surface area contributed by atoms with Crippen molar-refractivity contribution in [2.45, 2.75) is 38.8 Å². The summed E-state index contributed by atoms with van der Waals surface area (Å²) >= 11 is 2.02. The van der Waals surface area contributed by atoms with Crippen LogP contribution in [-0.4, -0.2) is 35.3 Å². The van der Waals surface area contributed by atoms with Gasteiger partial charge in [0.05, 0.1) is 6.61 Å². The van der Waals surface area contributed by atoms with Crippen LogP contribution in [0.2, 0.25) is 0 Å². The third-order valence-corrected chi connectivity index (χ3v) is 3.83. The highest BCUT2D eigenvalue weighted by Gasteiger charge is 2.19. The lowest BCUT2D eigenvalue weighted by molar-refractivity contribution is 0.199. The monoisotopic (exact) mass is 203 g/mol. The van der Waals surface area contributed by atoms with Crippen LogP contribution in [0.5, 0.6) is 0 Å². The van der Waals surface area contributed by atoms with E-state index in [1.807, 2.05) is 11.8 Å². The standard InChI is InChI=1S/C10H21NOS/c1-8(2)10(6-12)11-9-4-3-5-13-7-9/h8-12H,3-7H2,1-2H3/t9?,10-/m1/s1. The topological polar surface area (TPSA) is 32.3 Å². The number of hydrogen-bond donors (Lipinski definition) is 2. The Kier molecular flexibility index (Phi) is 5.14. The van der Waals surface area contributed by atoms with Gasteiger partial charge in [0, 0.05) is 17.8 Å². The van der Waals surface area contributed by atoms with E-state index >= 15 is 0 Å². The van der Waals surface area contributed by atoms with Gasteiger partial charge < -0.3 is 10.4 Å². The van der Waals surface area contributed by atoms with Crippen molar-refractivity contribution in [3.05, 3.63) is 0 Å². The number of rotatable bonds is 4. The Bertz CT molecular complexity index is 135. The minimum absolute atomic E-state index is 0.263. The average Bonchev–Trinajstić information content (AvgIpc) is 2.15. The van der Waals surface area contributed by atoms with Crippen LogP contribution in [-0.2, 0) is 0 Å². The van der Waals surface area contributed by atoms with Gasteiger partial charge in [0.15, 0.2) is 0 Å². The van der Waals surface area contributed by atoms with Gasteiger partial charge in [0.25, 0.3) is 0 Å². The molecule has 3 heteroatoms. The highest BCUT2D eigenvalue weighted by molar-refractivity contribution is 7.99. The van der Waals surface area contributed by atoms with E-state index in [-0.39, 0.29) is 12.6 Å². The highest BCUT2D eigenvalue weighted by Crippen LogP contribution is 2.18. The Morgan fingerprint density at radius 2 is 2.31 bits per heavy atom. The zero-order chi connectivity index (χ0) is 9.68. The number of hydrogen-bond acceptors (Lipinski definition) is 3. The summed E-state index contributed by atoms with van der Waals surface area (Å²) in [4.78, 5) is 0. The number of aliphatic hydroxyl groups excluding tert-OH is 1. The molecule has 1 aliphatic heterocycles. The van der Waals surface area contributed by atoms with Crippen molar-refractivity contribution in [2.24, 2.45) is 5.92 Å². The highest BCUT2D eigenvalue weighted by atomic mass is 32.2. The molecule has 0 bridgehead atoms. The predicted octanol–water partition coefficient (Wildman–Crippen LogP) is 1.49. The van der Waals surface area contributed by atoms with Crippen LogP contribution in [0.15, 0.2) is 0 Å². The molecule has 1 unspecified atom stereocenters. The molecule has 0 aromatic heterocycles. The van der Waals surface area contributed by atoms with Gasteiger partial charge in [-0.2, -0.15) is 11.8 Å². The number of thioether (sulfide) groups is 1. The quantitative estimate of drug-likeness (QED) is 0.726. The second-order valence-electron chi connectivity index (χ2n) is 4.11. The molecule has 1 fully saturated rings. The summed E-state index contributed by atoms with van der Waals surface area (Å²) < 4.78 is 0. The summed E-state index contributed by atoms with van der Waals surface area (Å²) in [5.74, 6) is 3.05. The third-order valence-electron chi connectivity index (χ3n) is 2.61. The van der Waals surface area contributed by atoms with Gasteiger partial charge in [-0.05, 0) is 24.5 Å². The molecular weight excluding hydrogens is 182 g/mol. The predicted molar refractivity (Wildman–Crippen MR) is 59.2 cm³/mol. The van der Waals surface area contributed by atoms with E-state index in [4.69, 9.17) is 5.11 Å². The van der Waals surface area contributed by atoms with Crippen LogP contribution in [0.4, 0.5) is 0 Å². The van der Waals surface area contributed by atoms with Crippen LogP contribution in [0.1, 0.15) is 26.7 Å². The van der Waals surface area contributed by atoms with Crippen LogP contribution in [0.25, 0.3) is 0 Å². The second-order valence-corrected chi connectivity index (χ2v) is 5.26. The summed E-state index contributed by atoms with van der Waals surface area (Å²) in [5.41, 5.74) is 0. The molecule has 0 radical (unpaired) electrons. The maximum Gasteiger partial charge on any atom is 0.0587 e. The van der Waals surface area contributed by atoms with E-state index in [0.29, 0.717) is 12.0 Å². The fourth-order valence-corrected chi connectivity index (χ4v) is 2.72. The Morgan fingerprint density at radius 1 is 1.54 bits per heavy atom. The first-order valence-corrected chi connectivity index (χ1v) is 6.34. The lowest BCUT2D eigenvalue weighted by Crippen LogP contribution is -2.45. The van der Waals surface area contributed by atoms with Gasteiger partial charge in [-0.3, -0.25) is 0 Å². The van der Waals surface area contributed by atoms with Crippen molar-refractivity contribution < 1.29 is 5.11 Å². The smallest absolute Gasteiger partial charge is 0.0587 e. The first kappa shape index (κ1) is 11.3. The van der Waals surface area contributed by atoms with Gasteiger partial charge in [-0.1, -0.05) is 13.8 Å². The first-order valence-electron chi connectivity index (χ1n) is 5.18. The zero-order valence-electron chi connectivity index (χ0n) is 8.62. The second kappa shape index (κ2) is 5.89. The van der Waals surface area contributed by atoms with Crippen LogP contribution in [0, 0.1) is 5.92 Å². The molecule has 0 amide bonds. The van der Waals surface area contributed by atoms with Gasteiger partial charge in [-0.15, -0.1) is 0 Å². The molecule has 1 saturated heterocycles. The minimum Gasteiger partial charge on any atom is -0.395 e. The molecule has 2 atom stereocenters. The lowest BCUT2D eigenvalue weighted by Gasteiger charge is -2.29. The molecule has 0 aliphatic carbocycles. The summed E-state index contributed by atoms with van der Waals surface area (Å²) in [5, 5.41) is 12.7. The molecule has 78 valence electrons. The van der Waals surface area contributed by atoms with Crippen molar-refractivity contribution in [1.82, 2.24) is 5.32 Å². The van der Waals surface area contributed by atoms with E-state index in [2.05, 4.69) is 19.2 Å². The Balaban J connectivity index is 2.27. The molecule has 1 aliphatic rings. The van der Waals surface area contributed by atoms with E-state index in [9.17, 15) is 0 Å². The summed E-state index contributed by atoms with van der Waals surface area (Å²) in [6.45, 7) is 4.58.